The van der Waals surface area contributed by atoms with Gasteiger partial charge in [0.15, 0.2) is 0 Å². The Kier molecular flexibility index (Phi) is 12.2. The first-order valence-electron chi connectivity index (χ1n) is 22.7. The first kappa shape index (κ1) is 46.4. The third-order valence-corrected chi connectivity index (χ3v) is 12.3. The molecule has 0 radical (unpaired) electrons. The number of hydrogen-bond donors (Lipinski definition) is 0. The molecule has 0 aliphatic carbocycles. The largest absolute Gasteiger partial charge is 0.510 e. The second kappa shape index (κ2) is 17.3. The topological polar surface area (TPSA) is 48.8 Å². The summed E-state index contributed by atoms with van der Waals surface area (Å²) in [4.78, 5) is 4.94. The molecule has 7 heteroatoms. The van der Waals surface area contributed by atoms with Crippen LogP contribution in [-0.4, -0.2) is 19.3 Å². The van der Waals surface area contributed by atoms with Crippen molar-refractivity contribution in [3.63, 3.8) is 0 Å². The van der Waals surface area contributed by atoms with Gasteiger partial charge < -0.3 is 13.9 Å². The van der Waals surface area contributed by atoms with E-state index < -0.39 is 0 Å². The number of pyridine rings is 1. The van der Waals surface area contributed by atoms with E-state index in [1.54, 1.807) is 0 Å². The predicted octanol–water partition coefficient (Wildman–Crippen LogP) is 14.4. The molecule has 6 aromatic carbocycles. The van der Waals surface area contributed by atoms with Crippen molar-refractivity contribution in [2.24, 2.45) is 0 Å². The first-order chi connectivity index (χ1) is 30.7. The second-order valence-electron chi connectivity index (χ2n) is 21.4. The number of hydrogen-bond acceptors (Lipinski definition) is 3. The molecule has 6 nitrogen and oxygen atoms in total. The monoisotopic (exact) mass is 1050 g/mol. The van der Waals surface area contributed by atoms with Gasteiger partial charge in [-0.05, 0) is 83.8 Å². The van der Waals surface area contributed by atoms with Gasteiger partial charge in [0, 0.05) is 55.5 Å². The third kappa shape index (κ3) is 9.31. The molecule has 0 fully saturated rings. The summed E-state index contributed by atoms with van der Waals surface area (Å²) in [6, 6.07) is 54.4. The fourth-order valence-electron chi connectivity index (χ4n) is 8.26. The molecule has 0 amide bonds. The molecule has 0 saturated carbocycles. The Morgan fingerprint density at radius 3 is 1.74 bits per heavy atom. The van der Waals surface area contributed by atoms with Crippen LogP contribution in [0.2, 0.25) is 0 Å². The molecule has 0 bridgehead atoms. The minimum absolute atomic E-state index is 0. The van der Waals surface area contributed by atoms with Gasteiger partial charge in [-0.25, -0.2) is 4.98 Å². The Morgan fingerprint density at radius 1 is 0.515 bits per heavy atom. The fraction of sp³-hybridized carbons (Fsp3) is 0.271. The Morgan fingerprint density at radius 2 is 1.12 bits per heavy atom. The maximum absolute atomic E-state index is 6.85. The summed E-state index contributed by atoms with van der Waals surface area (Å²) in [5.74, 6) is 2.75. The van der Waals surface area contributed by atoms with Crippen LogP contribution in [0.15, 0.2) is 140 Å². The number of rotatable bonds is 7. The molecule has 3 aromatic heterocycles. The molecule has 0 aliphatic rings. The standard InChI is InChI=1S/C59H59N5O.Pt/c1-56(2,3)42-27-28-60-54(35-42)64-52-26-23-41(39-19-15-13-16-20-39)29-51(52)50-25-24-48(37-53(50)64)65-49-34-45(59(10,11)12)33-47(36-49)63-38-62(55(61-63)40-21-17-14-18-22-40)46-31-43(57(4,5)6)30-44(32-46)58(7,8)9;/h13-35H,1-12H3;/q-2;. The molecule has 0 aliphatic heterocycles. The van der Waals surface area contributed by atoms with Gasteiger partial charge >= 0.3 is 0 Å². The van der Waals surface area contributed by atoms with Crippen molar-refractivity contribution < 1.29 is 30.4 Å². The van der Waals surface area contributed by atoms with E-state index in [0.29, 0.717) is 11.5 Å². The quantitative estimate of drug-likeness (QED) is 0.118. The molecule has 338 valence electrons. The number of benzene rings is 6. The van der Waals surface area contributed by atoms with Crippen molar-refractivity contribution in [1.29, 1.82) is 0 Å². The summed E-state index contributed by atoms with van der Waals surface area (Å²) >= 11 is 0. The van der Waals surface area contributed by atoms with E-state index in [2.05, 4.69) is 232 Å². The van der Waals surface area contributed by atoms with E-state index in [0.717, 1.165) is 61.5 Å². The number of ether oxygens (including phenoxy) is 1. The first-order valence-corrected chi connectivity index (χ1v) is 22.7. The van der Waals surface area contributed by atoms with Crippen LogP contribution in [-0.2, 0) is 42.7 Å². The van der Waals surface area contributed by atoms with E-state index in [9.17, 15) is 0 Å². The maximum atomic E-state index is 6.85. The summed E-state index contributed by atoms with van der Waals surface area (Å²) in [7, 11) is 0. The molecular formula is C59H59N5OPt-2. The van der Waals surface area contributed by atoms with Crippen LogP contribution in [0.5, 0.6) is 11.5 Å². The minimum Gasteiger partial charge on any atom is -0.510 e. The Bertz CT molecular complexity index is 3170. The molecule has 0 unspecified atom stereocenters. The molecule has 0 N–H and O–H groups in total. The molecule has 0 spiro atoms. The Balaban J connectivity index is 0.00000592. The van der Waals surface area contributed by atoms with Gasteiger partial charge in [0.05, 0.1) is 0 Å². The number of nitrogens with zero attached hydrogens (tertiary/aromatic N) is 5. The molecule has 66 heavy (non-hydrogen) atoms. The van der Waals surface area contributed by atoms with Gasteiger partial charge in [-0.15, -0.1) is 29.7 Å². The van der Waals surface area contributed by atoms with Crippen molar-refractivity contribution in [3.05, 3.63) is 180 Å². The summed E-state index contributed by atoms with van der Waals surface area (Å²) in [5.41, 5.74) is 11.4. The molecule has 0 atom stereocenters. The zero-order valence-electron chi connectivity index (χ0n) is 40.2. The van der Waals surface area contributed by atoms with Crippen LogP contribution in [0, 0.1) is 18.5 Å². The second-order valence-corrected chi connectivity index (χ2v) is 21.4. The van der Waals surface area contributed by atoms with Crippen LogP contribution < -0.4 is 9.30 Å². The summed E-state index contributed by atoms with van der Waals surface area (Å²) in [6.07, 6.45) is 5.56. The zero-order chi connectivity index (χ0) is 46.1. The van der Waals surface area contributed by atoms with Crippen LogP contribution in [0.1, 0.15) is 105 Å². The van der Waals surface area contributed by atoms with Crippen molar-refractivity contribution in [2.45, 2.75) is 105 Å². The van der Waals surface area contributed by atoms with E-state index in [-0.39, 0.29) is 42.7 Å². The molecule has 3 heterocycles. The zero-order valence-corrected chi connectivity index (χ0v) is 42.5. The number of aromatic nitrogens is 5. The van der Waals surface area contributed by atoms with Gasteiger partial charge in [-0.1, -0.05) is 180 Å². The molecule has 9 rings (SSSR count). The smallest absolute Gasteiger partial charge is 0.231 e. The fourth-order valence-corrected chi connectivity index (χ4v) is 8.26. The van der Waals surface area contributed by atoms with E-state index in [1.807, 2.05) is 23.0 Å². The maximum Gasteiger partial charge on any atom is 0.231 e. The minimum atomic E-state index is -0.212. The molecule has 0 saturated heterocycles. The van der Waals surface area contributed by atoms with Gasteiger partial charge in [0.25, 0.3) is 0 Å². The average Bonchev–Trinajstić information content (AvgIpc) is 3.86. The van der Waals surface area contributed by atoms with E-state index >= 15 is 0 Å². The summed E-state index contributed by atoms with van der Waals surface area (Å²) in [6.45, 7) is 26.9. The van der Waals surface area contributed by atoms with Gasteiger partial charge in [-0.2, -0.15) is 22.4 Å². The summed E-state index contributed by atoms with van der Waals surface area (Å²) < 4.78 is 13.0. The number of fused-ring (bicyclic) bond motifs is 3. The van der Waals surface area contributed by atoms with Crippen molar-refractivity contribution >= 4 is 21.8 Å². The molecular weight excluding hydrogens is 990 g/mol. The van der Waals surface area contributed by atoms with Gasteiger partial charge in [0.1, 0.15) is 5.82 Å². The van der Waals surface area contributed by atoms with Crippen molar-refractivity contribution in [1.82, 2.24) is 19.3 Å². The van der Waals surface area contributed by atoms with Gasteiger partial charge in [0.2, 0.25) is 12.2 Å². The van der Waals surface area contributed by atoms with Crippen LogP contribution in [0.25, 0.3) is 61.5 Å². The predicted molar refractivity (Wildman–Crippen MR) is 266 cm³/mol. The third-order valence-electron chi connectivity index (χ3n) is 12.3. The van der Waals surface area contributed by atoms with Crippen LogP contribution >= 0.6 is 0 Å². The Hall–Kier alpha value is -6.10. The van der Waals surface area contributed by atoms with Crippen molar-refractivity contribution in [3.8, 4) is 51.2 Å². The van der Waals surface area contributed by atoms with Crippen LogP contribution in [0.3, 0.4) is 0 Å². The van der Waals surface area contributed by atoms with E-state index in [4.69, 9.17) is 14.8 Å². The SMILES string of the molecule is CC(C)(C)c1cc(Oc2[c-]c3c(cc2)c2cc(-c4ccccc4)ccc2n3-c2cc(C(C)(C)C)ccn2)[c-]c(-n2[c-][n+](-c3cc(C(C)(C)C)cc(C(C)(C)C)c3)c(-c3ccccc3)n2)c1.[Pt]. The average molecular weight is 1050 g/mol. The normalized spacial score (nSPS) is 12.4. The van der Waals surface area contributed by atoms with Crippen molar-refractivity contribution in [2.75, 3.05) is 0 Å². The van der Waals surface area contributed by atoms with Crippen LogP contribution in [0.4, 0.5) is 0 Å². The van der Waals surface area contributed by atoms with Gasteiger partial charge in [-0.3, -0.25) is 0 Å². The molecule has 9 aromatic rings. The Labute approximate surface area is 405 Å². The summed E-state index contributed by atoms with van der Waals surface area (Å²) in [5, 5.41) is 7.45. The van der Waals surface area contributed by atoms with E-state index in [1.165, 1.54) is 22.3 Å².